The molecule has 0 spiro atoms. The Morgan fingerprint density at radius 3 is 2.47 bits per heavy atom. The highest BCUT2D eigenvalue weighted by Gasteiger charge is 2.17. The number of rotatable bonds is 5. The molecule has 1 aromatic carbocycles. The molecule has 0 aliphatic rings. The molecule has 0 atom stereocenters. The number of benzene rings is 1. The van der Waals surface area contributed by atoms with Gasteiger partial charge in [0.15, 0.2) is 0 Å². The van der Waals surface area contributed by atoms with Crippen LogP contribution >= 0.6 is 22.6 Å². The van der Waals surface area contributed by atoms with Crippen LogP contribution in [0.25, 0.3) is 0 Å². The smallest absolute Gasteiger partial charge is 0.282 e. The Hall–Kier alpha value is -0.140. The lowest BCUT2D eigenvalue weighted by Crippen LogP contribution is -2.04. The molecular weight excluding hydrogens is 351 g/mol. The van der Waals surface area contributed by atoms with Crippen LogP contribution in [0.1, 0.15) is 37.3 Å². The zero-order valence-corrected chi connectivity index (χ0v) is 13.0. The lowest BCUT2D eigenvalue weighted by atomic mass is 10.1. The fourth-order valence-corrected chi connectivity index (χ4v) is 3.85. The average Bonchev–Trinajstić information content (AvgIpc) is 2.21. The zero-order valence-electron chi connectivity index (χ0n) is 10.0. The molecule has 3 nitrogen and oxygen atoms in total. The highest BCUT2D eigenvalue weighted by molar-refractivity contribution is 14.1. The van der Waals surface area contributed by atoms with Gasteiger partial charge in [0, 0.05) is 3.57 Å². The molecule has 1 rings (SSSR count). The standard InChI is InChI=1S/C12H17IO3S/c1-3-4-5-6-10-7-9(2)8-11(12(10)13)17(14,15)16/h7-8H,3-6H2,1-2H3,(H,14,15,16). The molecule has 17 heavy (non-hydrogen) atoms. The summed E-state index contributed by atoms with van der Waals surface area (Å²) in [5.41, 5.74) is 1.87. The number of hydrogen-bond donors (Lipinski definition) is 1. The normalized spacial score (nSPS) is 11.8. The molecule has 0 fully saturated rings. The maximum absolute atomic E-state index is 11.2. The summed E-state index contributed by atoms with van der Waals surface area (Å²) < 4.78 is 32.3. The van der Waals surface area contributed by atoms with Crippen LogP contribution in [0.2, 0.25) is 0 Å². The topological polar surface area (TPSA) is 54.4 Å². The van der Waals surface area contributed by atoms with E-state index in [0.717, 1.165) is 36.8 Å². The van der Waals surface area contributed by atoms with E-state index in [9.17, 15) is 8.42 Å². The van der Waals surface area contributed by atoms with Crippen molar-refractivity contribution in [3.63, 3.8) is 0 Å². The molecule has 0 aromatic heterocycles. The summed E-state index contributed by atoms with van der Waals surface area (Å²) in [7, 11) is -4.12. The molecule has 0 bridgehead atoms. The van der Waals surface area contributed by atoms with Gasteiger partial charge in [-0.25, -0.2) is 0 Å². The first kappa shape index (κ1) is 14.9. The van der Waals surface area contributed by atoms with E-state index in [-0.39, 0.29) is 4.90 Å². The molecule has 96 valence electrons. The van der Waals surface area contributed by atoms with Crippen LogP contribution < -0.4 is 0 Å². The highest BCUT2D eigenvalue weighted by atomic mass is 127. The Morgan fingerprint density at radius 2 is 1.94 bits per heavy atom. The van der Waals surface area contributed by atoms with E-state index >= 15 is 0 Å². The van der Waals surface area contributed by atoms with Gasteiger partial charge in [-0.1, -0.05) is 25.8 Å². The molecule has 0 unspecified atom stereocenters. The van der Waals surface area contributed by atoms with Crippen LogP contribution in [0.3, 0.4) is 0 Å². The van der Waals surface area contributed by atoms with Gasteiger partial charge in [0.05, 0.1) is 0 Å². The Labute approximate surface area is 117 Å². The third-order valence-corrected chi connectivity index (χ3v) is 5.10. The van der Waals surface area contributed by atoms with Crippen LogP contribution in [0.4, 0.5) is 0 Å². The Balaban J connectivity index is 3.11. The number of aryl methyl sites for hydroxylation is 2. The molecule has 0 aliphatic carbocycles. The second kappa shape index (κ2) is 6.15. The predicted molar refractivity (Wildman–Crippen MR) is 76.9 cm³/mol. The summed E-state index contributed by atoms with van der Waals surface area (Å²) in [6.45, 7) is 3.97. The third kappa shape index (κ3) is 4.22. The Morgan fingerprint density at radius 1 is 1.29 bits per heavy atom. The maximum atomic E-state index is 11.2. The van der Waals surface area contributed by atoms with Crippen molar-refractivity contribution in [1.29, 1.82) is 0 Å². The lowest BCUT2D eigenvalue weighted by molar-refractivity contribution is 0.482. The molecule has 0 amide bonds. The van der Waals surface area contributed by atoms with Gasteiger partial charge >= 0.3 is 0 Å². The van der Waals surface area contributed by atoms with Crippen molar-refractivity contribution < 1.29 is 13.0 Å². The van der Waals surface area contributed by atoms with Crippen molar-refractivity contribution in [1.82, 2.24) is 0 Å². The summed E-state index contributed by atoms with van der Waals surface area (Å²) in [6.07, 6.45) is 4.16. The van der Waals surface area contributed by atoms with Crippen LogP contribution in [-0.2, 0) is 16.5 Å². The van der Waals surface area contributed by atoms with E-state index in [1.54, 1.807) is 0 Å². The second-order valence-electron chi connectivity index (χ2n) is 4.17. The highest BCUT2D eigenvalue weighted by Crippen LogP contribution is 2.25. The minimum atomic E-state index is -4.12. The number of hydrogen-bond acceptors (Lipinski definition) is 2. The molecule has 0 saturated heterocycles. The summed E-state index contributed by atoms with van der Waals surface area (Å²) >= 11 is 2.00. The fourth-order valence-electron chi connectivity index (χ4n) is 1.74. The van der Waals surface area contributed by atoms with Crippen LogP contribution in [0, 0.1) is 10.5 Å². The summed E-state index contributed by atoms with van der Waals surface area (Å²) in [5.74, 6) is 0. The first-order chi connectivity index (χ1) is 7.86. The molecular formula is C12H17IO3S. The van der Waals surface area contributed by atoms with E-state index < -0.39 is 10.1 Å². The van der Waals surface area contributed by atoms with Crippen LogP contribution in [0.5, 0.6) is 0 Å². The van der Waals surface area contributed by atoms with Gasteiger partial charge in [-0.3, -0.25) is 4.55 Å². The van der Waals surface area contributed by atoms with Crippen LogP contribution in [-0.4, -0.2) is 13.0 Å². The summed E-state index contributed by atoms with van der Waals surface area (Å²) in [6, 6.07) is 3.51. The minimum absolute atomic E-state index is 0.0320. The molecule has 0 saturated carbocycles. The Bertz CT molecular complexity index is 495. The SMILES string of the molecule is CCCCCc1cc(C)cc(S(=O)(=O)O)c1I. The summed E-state index contributed by atoms with van der Waals surface area (Å²) in [4.78, 5) is 0.0320. The minimum Gasteiger partial charge on any atom is -0.282 e. The fraction of sp³-hybridized carbons (Fsp3) is 0.500. The van der Waals surface area contributed by atoms with Crippen molar-refractivity contribution in [2.45, 2.75) is 44.4 Å². The van der Waals surface area contributed by atoms with Crippen molar-refractivity contribution in [3.8, 4) is 0 Å². The van der Waals surface area contributed by atoms with E-state index in [0.29, 0.717) is 3.57 Å². The number of unbranched alkanes of at least 4 members (excludes halogenated alkanes) is 2. The molecule has 1 aromatic rings. The van der Waals surface area contributed by atoms with Crippen LogP contribution in [0.15, 0.2) is 17.0 Å². The third-order valence-electron chi connectivity index (χ3n) is 2.59. The first-order valence-corrected chi connectivity index (χ1v) is 8.14. The molecule has 5 heteroatoms. The largest absolute Gasteiger partial charge is 0.295 e. The Kier molecular flexibility index (Phi) is 5.40. The molecule has 0 heterocycles. The van der Waals surface area contributed by atoms with Crippen molar-refractivity contribution in [3.05, 3.63) is 26.8 Å². The lowest BCUT2D eigenvalue weighted by Gasteiger charge is -2.09. The quantitative estimate of drug-likeness (QED) is 0.491. The van der Waals surface area contributed by atoms with Gasteiger partial charge < -0.3 is 0 Å². The van der Waals surface area contributed by atoms with Gasteiger partial charge in [0.1, 0.15) is 4.90 Å². The monoisotopic (exact) mass is 368 g/mol. The van der Waals surface area contributed by atoms with Gasteiger partial charge in [-0.05, 0) is 59.5 Å². The molecule has 0 radical (unpaired) electrons. The van der Waals surface area contributed by atoms with E-state index in [1.807, 2.05) is 35.6 Å². The van der Waals surface area contributed by atoms with Crippen molar-refractivity contribution in [2.75, 3.05) is 0 Å². The summed E-state index contributed by atoms with van der Waals surface area (Å²) in [5, 5.41) is 0. The van der Waals surface area contributed by atoms with E-state index in [4.69, 9.17) is 4.55 Å². The van der Waals surface area contributed by atoms with Gasteiger partial charge in [0.2, 0.25) is 0 Å². The predicted octanol–water partition coefficient (Wildman–Crippen LogP) is 3.58. The van der Waals surface area contributed by atoms with Crippen molar-refractivity contribution in [2.24, 2.45) is 0 Å². The first-order valence-electron chi connectivity index (χ1n) is 5.62. The van der Waals surface area contributed by atoms with E-state index in [2.05, 4.69) is 6.92 Å². The van der Waals surface area contributed by atoms with Gasteiger partial charge in [0.25, 0.3) is 10.1 Å². The number of halogens is 1. The zero-order chi connectivity index (χ0) is 13.1. The molecule has 1 N–H and O–H groups in total. The van der Waals surface area contributed by atoms with Crippen molar-refractivity contribution >= 4 is 32.7 Å². The van der Waals surface area contributed by atoms with Gasteiger partial charge in [-0.15, -0.1) is 0 Å². The second-order valence-corrected chi connectivity index (χ2v) is 6.64. The average molecular weight is 368 g/mol. The molecule has 0 aliphatic heterocycles. The van der Waals surface area contributed by atoms with Gasteiger partial charge in [-0.2, -0.15) is 8.42 Å². The van der Waals surface area contributed by atoms with E-state index in [1.165, 1.54) is 6.07 Å². The maximum Gasteiger partial charge on any atom is 0.295 e.